The maximum Gasteiger partial charge on any atom is 0.100 e. The number of para-hydroxylation sites is 2. The minimum atomic E-state index is -0.240. The minimum Gasteiger partial charge on any atom is -0.320 e. The number of benzene rings is 5. The molecule has 0 spiro atoms. The maximum atomic E-state index is 6.64. The fourth-order valence-corrected chi connectivity index (χ4v) is 4.77. The van der Waals surface area contributed by atoms with Crippen LogP contribution in [0.3, 0.4) is 0 Å². The van der Waals surface area contributed by atoms with Crippen LogP contribution in [0.1, 0.15) is 17.2 Å². The number of fused-ring (bicyclic) bond motifs is 3. The highest BCUT2D eigenvalue weighted by Gasteiger charge is 2.13. The average Bonchev–Trinajstić information content (AvgIpc) is 3.25. The molecule has 1 atom stereocenters. The van der Waals surface area contributed by atoms with Gasteiger partial charge < -0.3 is 5.73 Å². The van der Waals surface area contributed by atoms with Crippen LogP contribution in [0.5, 0.6) is 0 Å². The molecule has 0 aliphatic rings. The molecule has 0 aliphatic heterocycles. The zero-order valence-corrected chi connectivity index (χ0v) is 19.3. The summed E-state index contributed by atoms with van der Waals surface area (Å²) in [5.74, 6) is 0. The molecule has 1 heterocycles. The molecular formula is C32H25N3. The third-order valence-electron chi connectivity index (χ3n) is 6.56. The average molecular weight is 452 g/mol. The second-order valence-corrected chi connectivity index (χ2v) is 8.68. The summed E-state index contributed by atoms with van der Waals surface area (Å²) in [6.07, 6.45) is 1.92. The Hall–Kier alpha value is -4.47. The third kappa shape index (κ3) is 3.92. The van der Waals surface area contributed by atoms with Crippen LogP contribution in [0, 0.1) is 0 Å². The van der Waals surface area contributed by atoms with Gasteiger partial charge in [0, 0.05) is 10.8 Å². The van der Waals surface area contributed by atoms with Crippen molar-refractivity contribution in [3.05, 3.63) is 139 Å². The Balaban J connectivity index is 1.46. The summed E-state index contributed by atoms with van der Waals surface area (Å²) in [6.45, 7) is 0. The molecule has 1 aromatic heterocycles. The van der Waals surface area contributed by atoms with Gasteiger partial charge in [0.05, 0.1) is 22.8 Å². The van der Waals surface area contributed by atoms with Crippen LogP contribution in [0.4, 0.5) is 5.69 Å². The zero-order valence-electron chi connectivity index (χ0n) is 19.3. The molecule has 3 nitrogen and oxygen atoms in total. The summed E-state index contributed by atoms with van der Waals surface area (Å²) < 4.78 is 2.17. The monoisotopic (exact) mass is 451 g/mol. The summed E-state index contributed by atoms with van der Waals surface area (Å²) in [6, 6.07) is 43.6. The smallest absolute Gasteiger partial charge is 0.100 e. The second kappa shape index (κ2) is 9.05. The summed E-state index contributed by atoms with van der Waals surface area (Å²) >= 11 is 0. The number of hydrogen-bond acceptors (Lipinski definition) is 2. The van der Waals surface area contributed by atoms with Crippen molar-refractivity contribution in [1.29, 1.82) is 0 Å². The molecule has 35 heavy (non-hydrogen) atoms. The molecule has 0 saturated heterocycles. The quantitative estimate of drug-likeness (QED) is 0.212. The van der Waals surface area contributed by atoms with E-state index >= 15 is 0 Å². The number of aromatic nitrogens is 1. The van der Waals surface area contributed by atoms with Crippen molar-refractivity contribution in [2.24, 2.45) is 10.7 Å². The van der Waals surface area contributed by atoms with Gasteiger partial charge in [-0.3, -0.25) is 4.57 Å². The van der Waals surface area contributed by atoms with E-state index in [2.05, 4.69) is 89.5 Å². The number of nitrogens with two attached hydrogens (primary N) is 1. The van der Waals surface area contributed by atoms with E-state index in [0.29, 0.717) is 0 Å². The van der Waals surface area contributed by atoms with Crippen LogP contribution in [0.25, 0.3) is 32.9 Å². The summed E-state index contributed by atoms with van der Waals surface area (Å²) in [7, 11) is 0. The zero-order chi connectivity index (χ0) is 23.6. The normalized spacial score (nSPS) is 12.5. The lowest BCUT2D eigenvalue weighted by molar-refractivity contribution is 0.871. The highest BCUT2D eigenvalue weighted by Crippen LogP contribution is 2.33. The van der Waals surface area contributed by atoms with Gasteiger partial charge in [-0.1, -0.05) is 103 Å². The molecule has 6 rings (SSSR count). The van der Waals surface area contributed by atoms with Crippen LogP contribution in [0.15, 0.2) is 132 Å². The molecule has 6 aromatic rings. The third-order valence-corrected chi connectivity index (χ3v) is 6.56. The van der Waals surface area contributed by atoms with Gasteiger partial charge >= 0.3 is 0 Å². The number of nitrogens with zero attached hydrogens (tertiary/aromatic N) is 2. The van der Waals surface area contributed by atoms with E-state index in [1.165, 1.54) is 21.9 Å². The first-order chi connectivity index (χ1) is 17.3. The van der Waals surface area contributed by atoms with Crippen LogP contribution < -0.4 is 5.73 Å². The largest absolute Gasteiger partial charge is 0.320 e. The Labute approximate surface area is 204 Å². The summed E-state index contributed by atoms with van der Waals surface area (Å²) in [4.78, 5) is 4.93. The second-order valence-electron chi connectivity index (χ2n) is 8.68. The van der Waals surface area contributed by atoms with Gasteiger partial charge in [0.15, 0.2) is 0 Å². The van der Waals surface area contributed by atoms with E-state index in [1.807, 2.05) is 48.8 Å². The van der Waals surface area contributed by atoms with Crippen LogP contribution >= 0.6 is 0 Å². The van der Waals surface area contributed by atoms with Gasteiger partial charge in [0.1, 0.15) is 6.34 Å². The van der Waals surface area contributed by atoms with Crippen molar-refractivity contribution in [2.45, 2.75) is 6.04 Å². The molecule has 0 bridgehead atoms. The Kier molecular flexibility index (Phi) is 5.45. The van der Waals surface area contributed by atoms with Crippen molar-refractivity contribution in [3.63, 3.8) is 0 Å². The van der Waals surface area contributed by atoms with E-state index in [1.54, 1.807) is 0 Å². The summed E-state index contributed by atoms with van der Waals surface area (Å²) in [5.41, 5.74) is 14.2. The van der Waals surface area contributed by atoms with Gasteiger partial charge in [0.2, 0.25) is 0 Å². The van der Waals surface area contributed by atoms with Gasteiger partial charge in [-0.2, -0.15) is 0 Å². The lowest BCUT2D eigenvalue weighted by atomic mass is 9.98. The first-order valence-corrected chi connectivity index (χ1v) is 11.8. The van der Waals surface area contributed by atoms with Gasteiger partial charge in [-0.15, -0.1) is 0 Å². The van der Waals surface area contributed by atoms with Crippen LogP contribution in [-0.4, -0.2) is 10.9 Å². The Morgan fingerprint density at radius 3 is 2.09 bits per heavy atom. The highest BCUT2D eigenvalue weighted by atomic mass is 15.0. The molecule has 0 aliphatic carbocycles. The molecule has 0 fully saturated rings. The maximum absolute atomic E-state index is 6.64. The first kappa shape index (κ1) is 21.1. The van der Waals surface area contributed by atoms with Crippen LogP contribution in [0.2, 0.25) is 0 Å². The Morgan fingerprint density at radius 1 is 0.600 bits per heavy atom. The lowest BCUT2D eigenvalue weighted by Crippen LogP contribution is -2.11. The summed E-state index contributed by atoms with van der Waals surface area (Å²) in [5, 5.41) is 2.42. The number of rotatable bonds is 5. The van der Waals surface area contributed by atoms with E-state index in [-0.39, 0.29) is 6.04 Å². The highest BCUT2D eigenvalue weighted by molar-refractivity contribution is 6.12. The first-order valence-electron chi connectivity index (χ1n) is 11.8. The molecule has 168 valence electrons. The van der Waals surface area contributed by atoms with E-state index in [0.717, 1.165) is 27.8 Å². The molecule has 2 N–H and O–H groups in total. The Bertz CT molecular complexity index is 1650. The predicted molar refractivity (Wildman–Crippen MR) is 147 cm³/mol. The molecule has 0 saturated carbocycles. The predicted octanol–water partition coefficient (Wildman–Crippen LogP) is 7.72. The van der Waals surface area contributed by atoms with Crippen LogP contribution in [-0.2, 0) is 0 Å². The van der Waals surface area contributed by atoms with Gasteiger partial charge in [-0.05, 0) is 46.5 Å². The molecule has 3 heteroatoms. The van der Waals surface area contributed by atoms with Crippen molar-refractivity contribution < 1.29 is 0 Å². The van der Waals surface area contributed by atoms with E-state index in [9.17, 15) is 0 Å². The minimum absolute atomic E-state index is 0.240. The molecule has 0 radical (unpaired) electrons. The molecule has 5 aromatic carbocycles. The van der Waals surface area contributed by atoms with Crippen molar-refractivity contribution >= 4 is 33.8 Å². The molecular weight excluding hydrogens is 426 g/mol. The molecule has 1 unspecified atom stereocenters. The number of hydrogen-bond donors (Lipinski definition) is 1. The van der Waals surface area contributed by atoms with Crippen molar-refractivity contribution in [2.75, 3.05) is 0 Å². The van der Waals surface area contributed by atoms with Gasteiger partial charge in [-0.25, -0.2) is 4.99 Å². The lowest BCUT2D eigenvalue weighted by Gasteiger charge is -2.14. The van der Waals surface area contributed by atoms with Crippen molar-refractivity contribution in [3.8, 4) is 11.1 Å². The topological polar surface area (TPSA) is 43.3 Å². The standard InChI is InChI=1S/C32H25N3/c33-32(24-13-5-2-6-14-24)27-16-7-9-17-29(27)34-22-35-30-18-10-8-15-26(30)28-21-25(19-20-31(28)35)23-11-3-1-4-12-23/h1-22,32H,33H2. The van der Waals surface area contributed by atoms with Gasteiger partial charge in [0.25, 0.3) is 0 Å². The Morgan fingerprint density at radius 2 is 1.26 bits per heavy atom. The number of aliphatic imine (C=N–C) groups is 1. The SMILES string of the molecule is NC(c1ccccc1)c1ccccc1N=Cn1c2ccccc2c2cc(-c3ccccc3)ccc21. The van der Waals surface area contributed by atoms with E-state index < -0.39 is 0 Å². The van der Waals surface area contributed by atoms with Crippen molar-refractivity contribution in [1.82, 2.24) is 4.57 Å². The van der Waals surface area contributed by atoms with E-state index in [4.69, 9.17) is 10.7 Å². The fraction of sp³-hybridized carbons (Fsp3) is 0.0312. The fourth-order valence-electron chi connectivity index (χ4n) is 4.77. The molecule has 0 amide bonds.